The molecule has 1 N–H and O–H groups in total. The summed E-state index contributed by atoms with van der Waals surface area (Å²) in [6.07, 6.45) is 17.0. The average molecular weight is 436 g/mol. The van der Waals surface area contributed by atoms with Crippen LogP contribution in [0, 0.1) is 5.92 Å². The Kier molecular flexibility index (Phi) is 12.1. The second kappa shape index (κ2) is 14.8. The fourth-order valence-corrected chi connectivity index (χ4v) is 4.57. The van der Waals surface area contributed by atoms with Gasteiger partial charge in [-0.15, -0.1) is 13.2 Å². The summed E-state index contributed by atoms with van der Waals surface area (Å²) in [5, 5.41) is 3.58. The van der Waals surface area contributed by atoms with Gasteiger partial charge < -0.3 is 15.2 Å². The van der Waals surface area contributed by atoms with Gasteiger partial charge in [-0.1, -0.05) is 63.1 Å². The summed E-state index contributed by atoms with van der Waals surface area (Å²) >= 11 is 0. The molecule has 0 aromatic heterocycles. The van der Waals surface area contributed by atoms with Crippen molar-refractivity contribution in [2.24, 2.45) is 10.9 Å². The molecule has 1 aromatic carbocycles. The molecule has 0 aliphatic carbocycles. The maximum Gasteiger partial charge on any atom is 0.0477 e. The summed E-state index contributed by atoms with van der Waals surface area (Å²) in [5.74, 6) is 0.575. The average Bonchev–Trinajstić information content (AvgIpc) is 3.13. The van der Waals surface area contributed by atoms with Crippen molar-refractivity contribution >= 4 is 11.9 Å². The standard InChI is InChI=1S/C29H45N3/c1-6-9-16-28(8-3)32-23-27-20-26(17-18-29(27)24(32)4)15-13-11-10-12-14-19-31-22-25(7-2)21-30-5/h6,8,17-18,20-21,25,28,31H,1,3-4,7,9-16,19,22-23H2,2,5H3. The van der Waals surface area contributed by atoms with Crippen molar-refractivity contribution < 1.29 is 0 Å². The highest BCUT2D eigenvalue weighted by atomic mass is 15.2. The van der Waals surface area contributed by atoms with E-state index in [0.29, 0.717) is 12.0 Å². The molecular formula is C29H45N3. The zero-order chi connectivity index (χ0) is 23.2. The van der Waals surface area contributed by atoms with Crippen LogP contribution in [-0.2, 0) is 13.0 Å². The molecule has 176 valence electrons. The highest BCUT2D eigenvalue weighted by Gasteiger charge is 2.26. The van der Waals surface area contributed by atoms with Gasteiger partial charge in [0, 0.05) is 49.6 Å². The summed E-state index contributed by atoms with van der Waals surface area (Å²) in [4.78, 5) is 6.55. The number of benzene rings is 1. The van der Waals surface area contributed by atoms with Crippen LogP contribution in [-0.4, -0.2) is 37.3 Å². The highest BCUT2D eigenvalue weighted by molar-refractivity contribution is 5.69. The molecule has 1 aliphatic heterocycles. The van der Waals surface area contributed by atoms with E-state index in [2.05, 4.69) is 72.4 Å². The first-order valence-corrected chi connectivity index (χ1v) is 12.6. The minimum Gasteiger partial charge on any atom is -0.361 e. The number of aryl methyl sites for hydroxylation is 1. The summed E-state index contributed by atoms with van der Waals surface area (Å²) in [7, 11) is 1.86. The Balaban J connectivity index is 1.66. The molecule has 0 bridgehead atoms. The lowest BCUT2D eigenvalue weighted by atomic mass is 10.0. The van der Waals surface area contributed by atoms with E-state index in [9.17, 15) is 0 Å². The molecule has 2 atom stereocenters. The minimum atomic E-state index is 0.332. The van der Waals surface area contributed by atoms with E-state index in [0.717, 1.165) is 44.6 Å². The zero-order valence-electron chi connectivity index (χ0n) is 20.6. The molecule has 2 rings (SSSR count). The molecule has 0 saturated heterocycles. The molecule has 3 heteroatoms. The number of unbranched alkanes of at least 4 members (excludes halogenated alkanes) is 4. The van der Waals surface area contributed by atoms with Gasteiger partial charge in [0.15, 0.2) is 0 Å². The van der Waals surface area contributed by atoms with Gasteiger partial charge in [0.1, 0.15) is 0 Å². The molecular weight excluding hydrogens is 390 g/mol. The molecule has 0 radical (unpaired) electrons. The van der Waals surface area contributed by atoms with E-state index in [1.54, 1.807) is 0 Å². The third kappa shape index (κ3) is 8.09. The van der Waals surface area contributed by atoms with Crippen LogP contribution in [0.25, 0.3) is 5.70 Å². The van der Waals surface area contributed by atoms with Gasteiger partial charge in [-0.3, -0.25) is 0 Å². The van der Waals surface area contributed by atoms with Crippen LogP contribution in [0.4, 0.5) is 0 Å². The van der Waals surface area contributed by atoms with Crippen LogP contribution < -0.4 is 5.32 Å². The van der Waals surface area contributed by atoms with Crippen molar-refractivity contribution in [1.29, 1.82) is 0 Å². The van der Waals surface area contributed by atoms with Crippen molar-refractivity contribution in [2.45, 2.75) is 77.3 Å². The molecule has 1 aromatic rings. The fraction of sp³-hybridized carbons (Fsp3) is 0.552. The largest absolute Gasteiger partial charge is 0.361 e. The molecule has 0 amide bonds. The first kappa shape index (κ1) is 26.1. The Bertz CT molecular complexity index is 749. The lowest BCUT2D eigenvalue weighted by Gasteiger charge is -2.27. The van der Waals surface area contributed by atoms with E-state index in [-0.39, 0.29) is 0 Å². The van der Waals surface area contributed by atoms with Crippen molar-refractivity contribution in [3.63, 3.8) is 0 Å². The van der Waals surface area contributed by atoms with Gasteiger partial charge in [-0.25, -0.2) is 0 Å². The maximum absolute atomic E-state index is 4.36. The Labute approximate surface area is 197 Å². The monoisotopic (exact) mass is 435 g/mol. The summed E-state index contributed by atoms with van der Waals surface area (Å²) < 4.78 is 0. The fourth-order valence-electron chi connectivity index (χ4n) is 4.57. The molecule has 0 fully saturated rings. The third-order valence-electron chi connectivity index (χ3n) is 6.62. The SMILES string of the molecule is C=CCCC(C=C)N1Cc2cc(CCCCCCCNCC(C=NC)CC)ccc2C1=C. The predicted molar refractivity (Wildman–Crippen MR) is 142 cm³/mol. The van der Waals surface area contributed by atoms with E-state index < -0.39 is 0 Å². The normalized spacial score (nSPS) is 15.2. The lowest BCUT2D eigenvalue weighted by Crippen LogP contribution is -2.27. The van der Waals surface area contributed by atoms with E-state index >= 15 is 0 Å². The molecule has 3 nitrogen and oxygen atoms in total. The number of allylic oxidation sites excluding steroid dienone is 1. The molecule has 32 heavy (non-hydrogen) atoms. The number of rotatable bonds is 17. The molecule has 1 aliphatic rings. The first-order valence-electron chi connectivity index (χ1n) is 12.6. The maximum atomic E-state index is 4.36. The second-order valence-electron chi connectivity index (χ2n) is 9.03. The van der Waals surface area contributed by atoms with Crippen molar-refractivity contribution in [3.8, 4) is 0 Å². The van der Waals surface area contributed by atoms with Crippen molar-refractivity contribution in [1.82, 2.24) is 10.2 Å². The first-order chi connectivity index (χ1) is 15.6. The van der Waals surface area contributed by atoms with Gasteiger partial charge >= 0.3 is 0 Å². The Hall–Kier alpha value is -2.13. The zero-order valence-corrected chi connectivity index (χ0v) is 20.6. The summed E-state index contributed by atoms with van der Waals surface area (Å²) in [6, 6.07) is 7.31. The van der Waals surface area contributed by atoms with Gasteiger partial charge in [-0.05, 0) is 56.2 Å². The number of hydrogen-bond donors (Lipinski definition) is 1. The smallest absolute Gasteiger partial charge is 0.0477 e. The molecule has 0 saturated carbocycles. The quantitative estimate of drug-likeness (QED) is 0.165. The third-order valence-corrected chi connectivity index (χ3v) is 6.62. The second-order valence-corrected chi connectivity index (χ2v) is 9.03. The van der Waals surface area contributed by atoms with Crippen LogP contribution in [0.15, 0.2) is 55.1 Å². The van der Waals surface area contributed by atoms with Crippen LogP contribution in [0.3, 0.4) is 0 Å². The van der Waals surface area contributed by atoms with Gasteiger partial charge in [0.2, 0.25) is 0 Å². The topological polar surface area (TPSA) is 27.6 Å². The Morgan fingerprint density at radius 1 is 1.16 bits per heavy atom. The summed E-state index contributed by atoms with van der Waals surface area (Å²) in [5.41, 5.74) is 5.33. The molecule has 0 spiro atoms. The number of hydrogen-bond acceptors (Lipinski definition) is 3. The number of nitrogens with zero attached hydrogens (tertiary/aromatic N) is 2. The molecule has 1 heterocycles. The van der Waals surface area contributed by atoms with Gasteiger partial charge in [-0.2, -0.15) is 0 Å². The lowest BCUT2D eigenvalue weighted by molar-refractivity contribution is 0.334. The van der Waals surface area contributed by atoms with Crippen molar-refractivity contribution in [2.75, 3.05) is 20.1 Å². The number of nitrogens with one attached hydrogen (secondary N) is 1. The van der Waals surface area contributed by atoms with E-state index in [1.165, 1.54) is 55.2 Å². The van der Waals surface area contributed by atoms with E-state index in [4.69, 9.17) is 0 Å². The highest BCUT2D eigenvalue weighted by Crippen LogP contribution is 2.35. The summed E-state index contributed by atoms with van der Waals surface area (Å²) in [6.45, 7) is 17.6. The number of aliphatic imine (C=N–C) groups is 1. The van der Waals surface area contributed by atoms with Crippen molar-refractivity contribution in [3.05, 3.63) is 66.8 Å². The number of fused-ring (bicyclic) bond motifs is 1. The van der Waals surface area contributed by atoms with Crippen LogP contribution >= 0.6 is 0 Å². The Morgan fingerprint density at radius 3 is 2.66 bits per heavy atom. The molecule has 2 unspecified atom stereocenters. The van der Waals surface area contributed by atoms with Crippen LogP contribution in [0.1, 0.15) is 75.0 Å². The predicted octanol–water partition coefficient (Wildman–Crippen LogP) is 6.80. The van der Waals surface area contributed by atoms with E-state index in [1.807, 2.05) is 13.1 Å². The Morgan fingerprint density at radius 2 is 1.94 bits per heavy atom. The van der Waals surface area contributed by atoms with Crippen LogP contribution in [0.5, 0.6) is 0 Å². The van der Waals surface area contributed by atoms with Gasteiger partial charge in [0.05, 0.1) is 0 Å². The van der Waals surface area contributed by atoms with Gasteiger partial charge in [0.25, 0.3) is 0 Å². The minimum absolute atomic E-state index is 0.332. The van der Waals surface area contributed by atoms with Crippen LogP contribution in [0.2, 0.25) is 0 Å².